The molecular weight excluding hydrogens is 251 g/mol. The minimum Gasteiger partial charge on any atom is -0.373 e. The molecule has 1 aromatic rings. The Morgan fingerprint density at radius 3 is 2.94 bits per heavy atom. The normalized spacial score (nSPS) is 23.5. The van der Waals surface area contributed by atoms with E-state index in [9.17, 15) is 4.39 Å². The van der Waals surface area contributed by atoms with Gasteiger partial charge in [0.2, 0.25) is 0 Å². The Bertz CT molecular complexity index is 374. The number of hydrogen-bond acceptors (Lipinski definition) is 1. The average molecular weight is 271 g/mol. The molecule has 100 valence electrons. The molecule has 1 saturated carbocycles. The zero-order valence-electron chi connectivity index (χ0n) is 10.8. The van der Waals surface area contributed by atoms with Crippen molar-refractivity contribution in [3.63, 3.8) is 0 Å². The molecule has 0 spiro atoms. The van der Waals surface area contributed by atoms with E-state index in [0.29, 0.717) is 10.6 Å². The number of hydrogen-bond donors (Lipinski definition) is 0. The van der Waals surface area contributed by atoms with Gasteiger partial charge in [0.15, 0.2) is 0 Å². The van der Waals surface area contributed by atoms with Crippen LogP contribution in [-0.4, -0.2) is 6.10 Å². The highest BCUT2D eigenvalue weighted by Crippen LogP contribution is 2.32. The third-order valence-electron chi connectivity index (χ3n) is 3.72. The Morgan fingerprint density at radius 2 is 2.22 bits per heavy atom. The molecule has 0 radical (unpaired) electrons. The maximum atomic E-state index is 13.6. The molecule has 0 saturated heterocycles. The van der Waals surface area contributed by atoms with Gasteiger partial charge in [-0.3, -0.25) is 0 Å². The standard InChI is InChI=1S/C15H20ClFO/c1-2-4-11-7-8-12(9-11)18-10-13-14(16)5-3-6-15(13)17/h3,5-6,11-12H,2,4,7-10H2,1H3. The summed E-state index contributed by atoms with van der Waals surface area (Å²) in [5, 5.41) is 0.457. The maximum Gasteiger partial charge on any atom is 0.130 e. The van der Waals surface area contributed by atoms with E-state index < -0.39 is 0 Å². The Labute approximate surface area is 113 Å². The minimum atomic E-state index is -0.273. The molecule has 1 fully saturated rings. The molecule has 1 aromatic carbocycles. The first-order chi connectivity index (χ1) is 8.70. The second kappa shape index (κ2) is 6.53. The van der Waals surface area contributed by atoms with Gasteiger partial charge in [-0.25, -0.2) is 4.39 Å². The summed E-state index contributed by atoms with van der Waals surface area (Å²) in [6, 6.07) is 4.75. The third-order valence-corrected chi connectivity index (χ3v) is 4.07. The van der Waals surface area contributed by atoms with Gasteiger partial charge in [-0.05, 0) is 37.3 Å². The number of halogens is 2. The fourth-order valence-corrected chi connectivity index (χ4v) is 2.94. The summed E-state index contributed by atoms with van der Waals surface area (Å²) in [4.78, 5) is 0. The van der Waals surface area contributed by atoms with Crippen LogP contribution in [-0.2, 0) is 11.3 Å². The molecule has 0 aliphatic heterocycles. The highest BCUT2D eigenvalue weighted by molar-refractivity contribution is 6.31. The van der Waals surface area contributed by atoms with Crippen molar-refractivity contribution >= 4 is 11.6 Å². The van der Waals surface area contributed by atoms with Crippen LogP contribution in [0.15, 0.2) is 18.2 Å². The molecule has 0 bridgehead atoms. The Hall–Kier alpha value is -0.600. The summed E-state index contributed by atoms with van der Waals surface area (Å²) in [6.07, 6.45) is 6.23. The Morgan fingerprint density at radius 1 is 1.39 bits per heavy atom. The second-order valence-corrected chi connectivity index (χ2v) is 5.51. The van der Waals surface area contributed by atoms with Gasteiger partial charge in [0.25, 0.3) is 0 Å². The van der Waals surface area contributed by atoms with E-state index in [0.717, 1.165) is 18.8 Å². The van der Waals surface area contributed by atoms with E-state index in [2.05, 4.69) is 6.92 Å². The maximum absolute atomic E-state index is 13.6. The van der Waals surface area contributed by atoms with Crippen LogP contribution < -0.4 is 0 Å². The summed E-state index contributed by atoms with van der Waals surface area (Å²) in [5.74, 6) is 0.515. The molecule has 2 rings (SSSR count). The lowest BCUT2D eigenvalue weighted by Crippen LogP contribution is -2.09. The van der Waals surface area contributed by atoms with Crippen LogP contribution in [0.4, 0.5) is 4.39 Å². The molecule has 3 heteroatoms. The predicted molar refractivity (Wildman–Crippen MR) is 72.2 cm³/mol. The summed E-state index contributed by atoms with van der Waals surface area (Å²) in [5.41, 5.74) is 0.484. The molecule has 0 heterocycles. The van der Waals surface area contributed by atoms with E-state index in [4.69, 9.17) is 16.3 Å². The summed E-state index contributed by atoms with van der Waals surface area (Å²) in [7, 11) is 0. The van der Waals surface area contributed by atoms with Gasteiger partial charge < -0.3 is 4.74 Å². The SMILES string of the molecule is CCCC1CCC(OCc2c(F)cccc2Cl)C1. The van der Waals surface area contributed by atoms with Crippen molar-refractivity contribution in [2.45, 2.75) is 51.7 Å². The van der Waals surface area contributed by atoms with Crippen molar-refractivity contribution in [3.05, 3.63) is 34.6 Å². The Kier molecular flexibility index (Phi) is 5.02. The fraction of sp³-hybridized carbons (Fsp3) is 0.600. The molecule has 1 aliphatic carbocycles. The van der Waals surface area contributed by atoms with Crippen LogP contribution >= 0.6 is 11.6 Å². The zero-order valence-corrected chi connectivity index (χ0v) is 11.5. The molecule has 2 atom stereocenters. The highest BCUT2D eigenvalue weighted by Gasteiger charge is 2.24. The fourth-order valence-electron chi connectivity index (χ4n) is 2.72. The predicted octanol–water partition coefficient (Wildman–Crippen LogP) is 4.96. The van der Waals surface area contributed by atoms with Crippen LogP contribution in [0, 0.1) is 11.7 Å². The first kappa shape index (κ1) is 13.8. The molecule has 2 unspecified atom stereocenters. The Balaban J connectivity index is 1.85. The second-order valence-electron chi connectivity index (χ2n) is 5.10. The van der Waals surface area contributed by atoms with Gasteiger partial charge in [0, 0.05) is 10.6 Å². The quantitative estimate of drug-likeness (QED) is 0.734. The molecule has 0 aromatic heterocycles. The number of benzene rings is 1. The van der Waals surface area contributed by atoms with Crippen LogP contribution in [0.5, 0.6) is 0 Å². The van der Waals surface area contributed by atoms with Crippen LogP contribution in [0.25, 0.3) is 0 Å². The average Bonchev–Trinajstić information content (AvgIpc) is 2.77. The first-order valence-corrected chi connectivity index (χ1v) is 7.13. The molecule has 18 heavy (non-hydrogen) atoms. The molecular formula is C15H20ClFO. The van der Waals surface area contributed by atoms with E-state index in [-0.39, 0.29) is 18.5 Å². The summed E-state index contributed by atoms with van der Waals surface area (Å²) >= 11 is 5.97. The largest absolute Gasteiger partial charge is 0.373 e. The van der Waals surface area contributed by atoms with Crippen molar-refractivity contribution < 1.29 is 9.13 Å². The van der Waals surface area contributed by atoms with Gasteiger partial charge in [-0.15, -0.1) is 0 Å². The van der Waals surface area contributed by atoms with Crippen molar-refractivity contribution in [1.82, 2.24) is 0 Å². The smallest absolute Gasteiger partial charge is 0.130 e. The monoisotopic (exact) mass is 270 g/mol. The number of ether oxygens (including phenoxy) is 1. The van der Waals surface area contributed by atoms with Crippen LogP contribution in [0.2, 0.25) is 5.02 Å². The lowest BCUT2D eigenvalue weighted by molar-refractivity contribution is 0.0412. The van der Waals surface area contributed by atoms with E-state index in [1.54, 1.807) is 12.1 Å². The van der Waals surface area contributed by atoms with Crippen molar-refractivity contribution in [2.75, 3.05) is 0 Å². The molecule has 1 nitrogen and oxygen atoms in total. The molecule has 0 amide bonds. The lowest BCUT2D eigenvalue weighted by Gasteiger charge is -2.13. The van der Waals surface area contributed by atoms with Crippen molar-refractivity contribution in [3.8, 4) is 0 Å². The van der Waals surface area contributed by atoms with Crippen molar-refractivity contribution in [1.29, 1.82) is 0 Å². The van der Waals surface area contributed by atoms with Gasteiger partial charge in [-0.2, -0.15) is 0 Å². The third kappa shape index (κ3) is 3.46. The first-order valence-electron chi connectivity index (χ1n) is 6.75. The van der Waals surface area contributed by atoms with Gasteiger partial charge in [0.1, 0.15) is 5.82 Å². The minimum absolute atomic E-state index is 0.273. The van der Waals surface area contributed by atoms with Gasteiger partial charge in [0.05, 0.1) is 12.7 Å². The van der Waals surface area contributed by atoms with E-state index in [1.165, 1.54) is 25.3 Å². The molecule has 0 N–H and O–H groups in total. The highest BCUT2D eigenvalue weighted by atomic mass is 35.5. The topological polar surface area (TPSA) is 9.23 Å². The zero-order chi connectivity index (χ0) is 13.0. The number of rotatable bonds is 5. The van der Waals surface area contributed by atoms with Crippen molar-refractivity contribution in [2.24, 2.45) is 5.92 Å². The summed E-state index contributed by atoms with van der Waals surface area (Å²) < 4.78 is 19.4. The molecule has 1 aliphatic rings. The van der Waals surface area contributed by atoms with Crippen LogP contribution in [0.1, 0.15) is 44.6 Å². The summed E-state index contributed by atoms with van der Waals surface area (Å²) in [6.45, 7) is 2.50. The van der Waals surface area contributed by atoms with Gasteiger partial charge >= 0.3 is 0 Å². The van der Waals surface area contributed by atoms with Crippen LogP contribution in [0.3, 0.4) is 0 Å². The van der Waals surface area contributed by atoms with E-state index >= 15 is 0 Å². The van der Waals surface area contributed by atoms with Gasteiger partial charge in [-0.1, -0.05) is 37.4 Å². The van der Waals surface area contributed by atoms with E-state index in [1.807, 2.05) is 0 Å². The lowest BCUT2D eigenvalue weighted by atomic mass is 10.0.